The molecular weight excluding hydrogens is 182 g/mol. The van der Waals surface area contributed by atoms with Crippen molar-refractivity contribution >= 4 is 22.5 Å². The van der Waals surface area contributed by atoms with Gasteiger partial charge in [0.05, 0.1) is 0 Å². The monoisotopic (exact) mass is 195 g/mol. The Hall–Kier alpha value is -1.76. The van der Waals surface area contributed by atoms with E-state index in [-0.39, 0.29) is 0 Å². The topological polar surface area (TPSA) is 26.0 Å². The molecule has 0 saturated heterocycles. The van der Waals surface area contributed by atoms with Crippen molar-refractivity contribution in [3.63, 3.8) is 0 Å². The molecule has 2 aromatic rings. The first-order valence-corrected chi connectivity index (χ1v) is 5.32. The Morgan fingerprint density at radius 2 is 1.73 bits per heavy atom. The molecule has 0 spiro atoms. The zero-order chi connectivity index (χ0) is 10.3. The molecule has 74 valence electrons. The predicted molar refractivity (Wildman–Crippen MR) is 64.5 cm³/mol. The number of hydrogen-bond acceptors (Lipinski definition) is 1. The van der Waals surface area contributed by atoms with Gasteiger partial charge in [-0.15, -0.1) is 0 Å². The fourth-order valence-corrected chi connectivity index (χ4v) is 2.22. The van der Waals surface area contributed by atoms with Gasteiger partial charge in [0.2, 0.25) is 0 Å². The Kier molecular flexibility index (Phi) is 1.78. The summed E-state index contributed by atoms with van der Waals surface area (Å²) in [6, 6.07) is 12.9. The molecule has 0 amide bonds. The Labute approximate surface area is 88.5 Å². The van der Waals surface area contributed by atoms with Gasteiger partial charge in [0.25, 0.3) is 0 Å². The van der Waals surface area contributed by atoms with Crippen LogP contribution in [0, 0.1) is 0 Å². The van der Waals surface area contributed by atoms with Crippen LogP contribution in [0.25, 0.3) is 22.5 Å². The van der Waals surface area contributed by atoms with E-state index in [0.29, 0.717) is 0 Å². The molecule has 2 aromatic carbocycles. The molecule has 1 aliphatic carbocycles. The highest BCUT2D eigenvalue weighted by Crippen LogP contribution is 2.10. The zero-order valence-electron chi connectivity index (χ0n) is 8.53. The van der Waals surface area contributed by atoms with Crippen molar-refractivity contribution in [1.29, 1.82) is 0 Å². The summed E-state index contributed by atoms with van der Waals surface area (Å²) in [5.41, 5.74) is 7.06. The van der Waals surface area contributed by atoms with Gasteiger partial charge in [0, 0.05) is 10.9 Å². The van der Waals surface area contributed by atoms with E-state index in [4.69, 9.17) is 5.73 Å². The van der Waals surface area contributed by atoms with Crippen molar-refractivity contribution < 1.29 is 0 Å². The number of fused-ring (bicyclic) bond motifs is 2. The lowest BCUT2D eigenvalue weighted by Crippen LogP contribution is -2.32. The van der Waals surface area contributed by atoms with Crippen LogP contribution in [0.5, 0.6) is 0 Å². The van der Waals surface area contributed by atoms with E-state index < -0.39 is 0 Å². The summed E-state index contributed by atoms with van der Waals surface area (Å²) in [6.45, 7) is 0. The van der Waals surface area contributed by atoms with Gasteiger partial charge in [-0.1, -0.05) is 30.3 Å². The first-order valence-electron chi connectivity index (χ1n) is 5.32. The molecule has 0 unspecified atom stereocenters. The molecule has 0 aromatic heterocycles. The number of benzene rings is 2. The van der Waals surface area contributed by atoms with Gasteiger partial charge in [-0.25, -0.2) is 0 Å². The van der Waals surface area contributed by atoms with E-state index >= 15 is 0 Å². The molecule has 0 bridgehead atoms. The van der Waals surface area contributed by atoms with Crippen LogP contribution in [0.1, 0.15) is 12.8 Å². The van der Waals surface area contributed by atoms with Crippen LogP contribution in [0.2, 0.25) is 0 Å². The van der Waals surface area contributed by atoms with Crippen LogP contribution in [0.4, 0.5) is 0 Å². The number of hydrogen-bond donors (Lipinski definition) is 1. The average Bonchev–Trinajstić information content (AvgIpc) is 2.27. The Balaban J connectivity index is 2.54. The standard InChI is InChI=1S/C14H13N/c15-14-7-3-6-12-8-10-4-1-2-5-11(10)9-13(12)14/h1-2,4-6,8-9H,3,7,15H2. The minimum Gasteiger partial charge on any atom is -0.402 e. The fourth-order valence-electron chi connectivity index (χ4n) is 2.22. The lowest BCUT2D eigenvalue weighted by atomic mass is 10.0. The van der Waals surface area contributed by atoms with Gasteiger partial charge in [0.15, 0.2) is 0 Å². The molecule has 0 atom stereocenters. The highest BCUT2D eigenvalue weighted by molar-refractivity contribution is 5.83. The fraction of sp³-hybridized carbons (Fsp3) is 0.143. The second-order valence-corrected chi connectivity index (χ2v) is 4.05. The summed E-state index contributed by atoms with van der Waals surface area (Å²) in [5.74, 6) is 0. The van der Waals surface area contributed by atoms with Crippen LogP contribution < -0.4 is 16.2 Å². The third kappa shape index (κ3) is 1.32. The van der Waals surface area contributed by atoms with Gasteiger partial charge in [-0.05, 0) is 41.0 Å². The van der Waals surface area contributed by atoms with Gasteiger partial charge < -0.3 is 5.73 Å². The molecule has 1 nitrogen and oxygen atoms in total. The van der Waals surface area contributed by atoms with E-state index in [1.165, 1.54) is 21.2 Å². The normalized spacial score (nSPS) is 14.8. The van der Waals surface area contributed by atoms with Gasteiger partial charge in [0.1, 0.15) is 0 Å². The van der Waals surface area contributed by atoms with Crippen LogP contribution in [-0.4, -0.2) is 0 Å². The highest BCUT2D eigenvalue weighted by Gasteiger charge is 2.01. The largest absolute Gasteiger partial charge is 0.402 e. The van der Waals surface area contributed by atoms with Crippen molar-refractivity contribution in [2.24, 2.45) is 5.73 Å². The second kappa shape index (κ2) is 3.13. The summed E-state index contributed by atoms with van der Waals surface area (Å²) >= 11 is 0. The third-order valence-electron chi connectivity index (χ3n) is 3.04. The van der Waals surface area contributed by atoms with Gasteiger partial charge >= 0.3 is 0 Å². The average molecular weight is 195 g/mol. The minimum absolute atomic E-state index is 0.991. The van der Waals surface area contributed by atoms with Crippen molar-refractivity contribution in [1.82, 2.24) is 0 Å². The molecule has 15 heavy (non-hydrogen) atoms. The summed E-state index contributed by atoms with van der Waals surface area (Å²) in [5, 5.41) is 5.08. The molecule has 2 N–H and O–H groups in total. The van der Waals surface area contributed by atoms with E-state index in [0.717, 1.165) is 18.5 Å². The molecule has 0 fully saturated rings. The molecule has 0 aliphatic heterocycles. The molecule has 0 heterocycles. The number of nitrogens with two attached hydrogens (primary N) is 1. The predicted octanol–water partition coefficient (Wildman–Crippen LogP) is 1.48. The molecule has 1 heteroatoms. The molecule has 0 radical (unpaired) electrons. The van der Waals surface area contributed by atoms with Crippen LogP contribution in [-0.2, 0) is 0 Å². The summed E-state index contributed by atoms with van der Waals surface area (Å²) < 4.78 is 0. The Morgan fingerprint density at radius 3 is 2.53 bits per heavy atom. The maximum absolute atomic E-state index is 6.03. The molecular formula is C14H13N. The van der Waals surface area contributed by atoms with Crippen molar-refractivity contribution in [3.05, 3.63) is 46.8 Å². The summed E-state index contributed by atoms with van der Waals surface area (Å²) in [6.07, 6.45) is 4.33. The SMILES string of the molecule is NC1=c2cc3ccccc3cc2=CCC1. The Bertz CT molecular complexity index is 638. The maximum atomic E-state index is 6.03. The summed E-state index contributed by atoms with van der Waals surface area (Å²) in [7, 11) is 0. The van der Waals surface area contributed by atoms with Crippen molar-refractivity contribution in [2.75, 3.05) is 0 Å². The summed E-state index contributed by atoms with van der Waals surface area (Å²) in [4.78, 5) is 0. The highest BCUT2D eigenvalue weighted by atomic mass is 14.6. The van der Waals surface area contributed by atoms with E-state index in [1.807, 2.05) is 0 Å². The lowest BCUT2D eigenvalue weighted by Gasteiger charge is -2.07. The van der Waals surface area contributed by atoms with E-state index in [1.54, 1.807) is 0 Å². The maximum Gasteiger partial charge on any atom is 0.0163 e. The van der Waals surface area contributed by atoms with Crippen molar-refractivity contribution in [2.45, 2.75) is 12.8 Å². The molecule has 0 saturated carbocycles. The van der Waals surface area contributed by atoms with Crippen molar-refractivity contribution in [3.8, 4) is 0 Å². The minimum atomic E-state index is 0.991. The van der Waals surface area contributed by atoms with E-state index in [9.17, 15) is 0 Å². The first-order chi connectivity index (χ1) is 7.34. The molecule has 1 aliphatic rings. The zero-order valence-corrected chi connectivity index (χ0v) is 8.53. The van der Waals surface area contributed by atoms with Crippen LogP contribution >= 0.6 is 0 Å². The quantitative estimate of drug-likeness (QED) is 0.677. The number of rotatable bonds is 0. The third-order valence-corrected chi connectivity index (χ3v) is 3.04. The lowest BCUT2D eigenvalue weighted by molar-refractivity contribution is 1.05. The van der Waals surface area contributed by atoms with Crippen LogP contribution in [0.3, 0.4) is 0 Å². The van der Waals surface area contributed by atoms with Gasteiger partial charge in [-0.3, -0.25) is 0 Å². The van der Waals surface area contributed by atoms with Crippen LogP contribution in [0.15, 0.2) is 36.4 Å². The second-order valence-electron chi connectivity index (χ2n) is 4.05. The molecule has 3 rings (SSSR count). The van der Waals surface area contributed by atoms with E-state index in [2.05, 4.69) is 42.5 Å². The Morgan fingerprint density at radius 1 is 1.00 bits per heavy atom. The smallest absolute Gasteiger partial charge is 0.0163 e. The van der Waals surface area contributed by atoms with Gasteiger partial charge in [-0.2, -0.15) is 0 Å². The first kappa shape index (κ1) is 8.54.